The largest absolute Gasteiger partial charge is 0.381 e. The van der Waals surface area contributed by atoms with Gasteiger partial charge in [-0.2, -0.15) is 11.8 Å². The normalized spacial score (nSPS) is 30.5. The van der Waals surface area contributed by atoms with E-state index in [4.69, 9.17) is 0 Å². The zero-order valence-electron chi connectivity index (χ0n) is 13.6. The molecule has 0 fully saturated rings. The molecule has 4 heteroatoms. The van der Waals surface area contributed by atoms with E-state index in [9.17, 15) is 9.90 Å². The number of thioether (sulfide) groups is 2. The van der Waals surface area contributed by atoms with E-state index in [2.05, 4.69) is 25.3 Å². The maximum absolute atomic E-state index is 12.8. The summed E-state index contributed by atoms with van der Waals surface area (Å²) in [5, 5.41) is 11.3. The standard InChI is InChI=1S/C18H24O2S2/c1-12-11-15(22-4)9-10-16(12)18(2,20)17(19)13-5-7-14(21-3)8-6-13/h5-7,9-12,14,16,20H,8H2,1-4H3/t12?,14-,16?,18?/m0/s1. The van der Waals surface area contributed by atoms with Gasteiger partial charge in [-0.15, -0.1) is 11.8 Å². The Balaban J connectivity index is 2.16. The van der Waals surface area contributed by atoms with E-state index in [1.165, 1.54) is 4.91 Å². The highest BCUT2D eigenvalue weighted by atomic mass is 32.2. The number of Topliss-reactive ketones (excluding diaryl/α,β-unsaturated/α-hetero) is 1. The Bertz CT molecular complexity index is 555. The third-order valence-electron chi connectivity index (χ3n) is 4.43. The molecule has 0 saturated heterocycles. The van der Waals surface area contributed by atoms with Crippen molar-refractivity contribution in [3.63, 3.8) is 0 Å². The minimum Gasteiger partial charge on any atom is -0.381 e. The van der Waals surface area contributed by atoms with E-state index in [1.54, 1.807) is 30.4 Å². The smallest absolute Gasteiger partial charge is 0.194 e. The first-order valence-corrected chi connectivity index (χ1v) is 10.0. The molecule has 0 saturated carbocycles. The topological polar surface area (TPSA) is 37.3 Å². The van der Waals surface area contributed by atoms with E-state index >= 15 is 0 Å². The van der Waals surface area contributed by atoms with Crippen LogP contribution in [0.15, 0.2) is 46.9 Å². The molecule has 2 aliphatic rings. The molecule has 0 amide bonds. The average molecular weight is 337 g/mol. The number of hydrogen-bond acceptors (Lipinski definition) is 4. The highest BCUT2D eigenvalue weighted by Gasteiger charge is 2.42. The minimum absolute atomic E-state index is 0.138. The number of allylic oxidation sites excluding steroid dienone is 4. The highest BCUT2D eigenvalue weighted by Crippen LogP contribution is 2.36. The number of rotatable bonds is 5. The van der Waals surface area contributed by atoms with Gasteiger partial charge in [0.1, 0.15) is 5.60 Å². The summed E-state index contributed by atoms with van der Waals surface area (Å²) < 4.78 is 0. The molecule has 0 spiro atoms. The first-order chi connectivity index (χ1) is 10.4. The van der Waals surface area contributed by atoms with Gasteiger partial charge in [-0.3, -0.25) is 4.79 Å². The van der Waals surface area contributed by atoms with Crippen LogP contribution in [0.1, 0.15) is 20.3 Å². The number of carbonyl (C=O) groups excluding carboxylic acids is 1. The van der Waals surface area contributed by atoms with Gasteiger partial charge in [0, 0.05) is 21.6 Å². The average Bonchev–Trinajstić information content (AvgIpc) is 2.53. The number of hydrogen-bond donors (Lipinski definition) is 1. The van der Waals surface area contributed by atoms with Crippen LogP contribution in [-0.2, 0) is 4.79 Å². The van der Waals surface area contributed by atoms with Gasteiger partial charge in [0.15, 0.2) is 5.78 Å². The number of carbonyl (C=O) groups is 1. The molecule has 0 aromatic rings. The summed E-state index contributed by atoms with van der Waals surface area (Å²) in [6.07, 6.45) is 16.9. The van der Waals surface area contributed by atoms with E-state index < -0.39 is 5.60 Å². The lowest BCUT2D eigenvalue weighted by Crippen LogP contribution is -2.46. The molecule has 2 rings (SSSR count). The van der Waals surface area contributed by atoms with Crippen molar-refractivity contribution >= 4 is 29.3 Å². The second-order valence-electron chi connectivity index (χ2n) is 6.02. The van der Waals surface area contributed by atoms with Crippen molar-refractivity contribution in [1.29, 1.82) is 0 Å². The van der Waals surface area contributed by atoms with Gasteiger partial charge in [-0.25, -0.2) is 0 Å². The van der Waals surface area contributed by atoms with Crippen LogP contribution in [0.3, 0.4) is 0 Å². The summed E-state index contributed by atoms with van der Waals surface area (Å²) in [6.45, 7) is 3.70. The van der Waals surface area contributed by atoms with Gasteiger partial charge in [-0.05, 0) is 31.8 Å². The van der Waals surface area contributed by atoms with Crippen LogP contribution in [0.2, 0.25) is 0 Å². The van der Waals surface area contributed by atoms with E-state index in [0.717, 1.165) is 6.42 Å². The molecule has 4 atom stereocenters. The lowest BCUT2D eigenvalue weighted by molar-refractivity contribution is -0.136. The Morgan fingerprint density at radius 2 is 2.05 bits per heavy atom. The number of aliphatic hydroxyl groups is 1. The fourth-order valence-electron chi connectivity index (χ4n) is 3.01. The zero-order valence-corrected chi connectivity index (χ0v) is 15.2. The highest BCUT2D eigenvalue weighted by molar-refractivity contribution is 8.02. The number of ketones is 1. The van der Waals surface area contributed by atoms with Gasteiger partial charge in [0.05, 0.1) is 0 Å². The van der Waals surface area contributed by atoms with Crippen LogP contribution in [0.25, 0.3) is 0 Å². The third kappa shape index (κ3) is 3.61. The SMILES string of the molecule is CSC1=CC(C)C(C(C)(O)C(=O)C2=CC[C@@H](SC)C=C2)C=C1. The summed E-state index contributed by atoms with van der Waals surface area (Å²) >= 11 is 3.46. The quantitative estimate of drug-likeness (QED) is 0.823. The molecule has 22 heavy (non-hydrogen) atoms. The summed E-state index contributed by atoms with van der Waals surface area (Å²) in [4.78, 5) is 14.0. The van der Waals surface area contributed by atoms with Crippen molar-refractivity contribution in [1.82, 2.24) is 0 Å². The zero-order chi connectivity index (χ0) is 16.3. The molecular weight excluding hydrogens is 312 g/mol. The summed E-state index contributed by atoms with van der Waals surface area (Å²) in [6, 6.07) is 0. The second kappa shape index (κ2) is 7.24. The van der Waals surface area contributed by atoms with E-state index in [-0.39, 0.29) is 17.6 Å². The monoisotopic (exact) mass is 336 g/mol. The van der Waals surface area contributed by atoms with Crippen molar-refractivity contribution in [2.45, 2.75) is 31.1 Å². The Kier molecular flexibility index (Phi) is 5.81. The Labute approximate surface area is 141 Å². The third-order valence-corrected chi connectivity index (χ3v) is 6.13. The van der Waals surface area contributed by atoms with Crippen LogP contribution in [0.5, 0.6) is 0 Å². The molecule has 0 radical (unpaired) electrons. The molecule has 0 bridgehead atoms. The van der Waals surface area contributed by atoms with E-state index in [1.807, 2.05) is 30.6 Å². The van der Waals surface area contributed by atoms with Crippen LogP contribution in [-0.4, -0.2) is 34.3 Å². The predicted molar refractivity (Wildman–Crippen MR) is 98.2 cm³/mol. The Hall–Kier alpha value is -0.710. The van der Waals surface area contributed by atoms with Crippen molar-refractivity contribution in [2.24, 2.45) is 11.8 Å². The second-order valence-corrected chi connectivity index (χ2v) is 7.98. The fraction of sp³-hybridized carbons (Fsp3) is 0.500. The molecule has 0 aromatic carbocycles. The Morgan fingerprint density at radius 1 is 1.32 bits per heavy atom. The molecule has 2 aliphatic carbocycles. The lowest BCUT2D eigenvalue weighted by Gasteiger charge is -2.35. The van der Waals surface area contributed by atoms with Crippen molar-refractivity contribution < 1.29 is 9.90 Å². The van der Waals surface area contributed by atoms with Gasteiger partial charge in [0.25, 0.3) is 0 Å². The summed E-state index contributed by atoms with van der Waals surface area (Å²) in [5.41, 5.74) is -0.742. The molecule has 0 aromatic heterocycles. The van der Waals surface area contributed by atoms with Gasteiger partial charge < -0.3 is 5.11 Å². The van der Waals surface area contributed by atoms with E-state index in [0.29, 0.717) is 10.8 Å². The molecule has 0 aliphatic heterocycles. The molecule has 1 N–H and O–H groups in total. The molecule has 120 valence electrons. The van der Waals surface area contributed by atoms with Crippen LogP contribution >= 0.6 is 23.5 Å². The summed E-state index contributed by atoms with van der Waals surface area (Å²) in [5.74, 6) is -0.229. The maximum atomic E-state index is 12.8. The van der Waals surface area contributed by atoms with Gasteiger partial charge >= 0.3 is 0 Å². The minimum atomic E-state index is -1.38. The predicted octanol–water partition coefficient (Wildman–Crippen LogP) is 3.99. The molecular formula is C18H24O2S2. The summed E-state index contributed by atoms with van der Waals surface area (Å²) in [7, 11) is 0. The van der Waals surface area contributed by atoms with Gasteiger partial charge in [0.2, 0.25) is 0 Å². The first-order valence-electron chi connectivity index (χ1n) is 7.52. The Morgan fingerprint density at radius 3 is 2.55 bits per heavy atom. The van der Waals surface area contributed by atoms with Crippen molar-refractivity contribution in [2.75, 3.05) is 12.5 Å². The maximum Gasteiger partial charge on any atom is 0.194 e. The van der Waals surface area contributed by atoms with Crippen molar-refractivity contribution in [3.8, 4) is 0 Å². The van der Waals surface area contributed by atoms with Crippen LogP contribution in [0, 0.1) is 11.8 Å². The molecule has 2 nitrogen and oxygen atoms in total. The fourth-order valence-corrected chi connectivity index (χ4v) is 4.10. The van der Waals surface area contributed by atoms with Crippen LogP contribution < -0.4 is 0 Å². The van der Waals surface area contributed by atoms with Gasteiger partial charge in [-0.1, -0.05) is 43.4 Å². The van der Waals surface area contributed by atoms with Crippen LogP contribution in [0.4, 0.5) is 0 Å². The lowest BCUT2D eigenvalue weighted by atomic mass is 9.73. The van der Waals surface area contributed by atoms with Crippen molar-refractivity contribution in [3.05, 3.63) is 46.9 Å². The molecule has 3 unspecified atom stereocenters. The first kappa shape index (κ1) is 17.6. The molecule has 0 heterocycles.